The minimum absolute atomic E-state index is 0.190. The van der Waals surface area contributed by atoms with Crippen molar-refractivity contribution in [1.29, 1.82) is 0 Å². The van der Waals surface area contributed by atoms with E-state index in [-0.39, 0.29) is 25.7 Å². The Bertz CT molecular complexity index is 1100. The van der Waals surface area contributed by atoms with Gasteiger partial charge in [0.25, 0.3) is 0 Å². The number of aliphatic carboxylic acids is 1. The maximum absolute atomic E-state index is 12.7. The number of unbranched alkanes of at least 4 members (excludes halogenated alkanes) is 1. The fourth-order valence-electron chi connectivity index (χ4n) is 3.75. The predicted octanol–water partition coefficient (Wildman–Crippen LogP) is -1.40. The van der Waals surface area contributed by atoms with Crippen LogP contribution in [0.3, 0.4) is 0 Å². The molecule has 0 saturated carbocycles. The van der Waals surface area contributed by atoms with Crippen molar-refractivity contribution in [2.24, 2.45) is 17.2 Å². The van der Waals surface area contributed by atoms with Crippen LogP contribution in [-0.2, 0) is 30.4 Å². The molecule has 13 nitrogen and oxygen atoms in total. The second-order valence-electron chi connectivity index (χ2n) is 8.70. The summed E-state index contributed by atoms with van der Waals surface area (Å²) in [7, 11) is 0. The van der Waals surface area contributed by atoms with Gasteiger partial charge in [0.2, 0.25) is 23.6 Å². The fourth-order valence-corrected chi connectivity index (χ4v) is 3.75. The van der Waals surface area contributed by atoms with E-state index in [4.69, 9.17) is 17.2 Å². The zero-order valence-corrected chi connectivity index (χ0v) is 20.5. The number of fused-ring (bicyclic) bond motifs is 1. The van der Waals surface area contributed by atoms with Gasteiger partial charge in [-0.05, 0) is 50.3 Å². The number of para-hydroxylation sites is 1. The van der Waals surface area contributed by atoms with Crippen LogP contribution in [0.5, 0.6) is 0 Å². The molecule has 2 aromatic rings. The molecular weight excluding hydrogens is 482 g/mol. The highest BCUT2D eigenvalue weighted by Crippen LogP contribution is 2.18. The Balaban J connectivity index is 1.92. The summed E-state index contributed by atoms with van der Waals surface area (Å²) in [5, 5.41) is 17.6. The molecule has 1 aromatic carbocycles. The highest BCUT2D eigenvalue weighted by Gasteiger charge is 2.27. The lowest BCUT2D eigenvalue weighted by molar-refractivity contribution is -0.142. The minimum Gasteiger partial charge on any atom is -0.480 e. The average Bonchev–Trinajstić information content (AvgIpc) is 3.26. The van der Waals surface area contributed by atoms with Crippen molar-refractivity contribution in [3.05, 3.63) is 36.0 Å². The molecule has 13 heteroatoms. The third-order valence-electron chi connectivity index (χ3n) is 5.77. The Morgan fingerprint density at radius 3 is 2.38 bits per heavy atom. The molecule has 11 N–H and O–H groups in total. The number of carboxylic acid groups (broad SMARTS) is 1. The number of aromatic nitrogens is 1. The number of amides is 4. The van der Waals surface area contributed by atoms with Crippen LogP contribution in [0, 0.1) is 0 Å². The number of benzene rings is 1. The maximum atomic E-state index is 12.7. The van der Waals surface area contributed by atoms with Crippen LogP contribution >= 0.6 is 0 Å². The van der Waals surface area contributed by atoms with E-state index < -0.39 is 54.3 Å². The molecule has 0 saturated heterocycles. The van der Waals surface area contributed by atoms with Crippen LogP contribution in [-0.4, -0.2) is 70.9 Å². The van der Waals surface area contributed by atoms with E-state index in [1.54, 1.807) is 6.20 Å². The number of carbonyl (C=O) groups excluding carboxylic acids is 4. The highest BCUT2D eigenvalue weighted by molar-refractivity contribution is 5.93. The van der Waals surface area contributed by atoms with Gasteiger partial charge in [0, 0.05) is 23.5 Å². The van der Waals surface area contributed by atoms with Crippen LogP contribution in [0.1, 0.15) is 37.7 Å². The Labute approximate surface area is 213 Å². The quantitative estimate of drug-likeness (QED) is 0.123. The molecular formula is C24H35N7O6. The molecule has 0 radical (unpaired) electrons. The maximum Gasteiger partial charge on any atom is 0.326 e. The summed E-state index contributed by atoms with van der Waals surface area (Å²) in [5.74, 6) is -3.96. The van der Waals surface area contributed by atoms with E-state index in [1.807, 2.05) is 24.3 Å². The number of carboxylic acids is 1. The average molecular weight is 518 g/mol. The molecule has 3 atom stereocenters. The summed E-state index contributed by atoms with van der Waals surface area (Å²) in [4.78, 5) is 63.2. The van der Waals surface area contributed by atoms with E-state index >= 15 is 0 Å². The van der Waals surface area contributed by atoms with Crippen molar-refractivity contribution < 1.29 is 29.1 Å². The normalized spacial score (nSPS) is 13.4. The van der Waals surface area contributed by atoms with Gasteiger partial charge in [-0.2, -0.15) is 0 Å². The van der Waals surface area contributed by atoms with E-state index in [0.29, 0.717) is 19.4 Å². The third kappa shape index (κ3) is 9.54. The smallest absolute Gasteiger partial charge is 0.326 e. The van der Waals surface area contributed by atoms with Gasteiger partial charge in [-0.15, -0.1) is 0 Å². The van der Waals surface area contributed by atoms with Crippen LogP contribution in [0.2, 0.25) is 0 Å². The minimum atomic E-state index is -1.35. The van der Waals surface area contributed by atoms with Crippen molar-refractivity contribution in [3.63, 3.8) is 0 Å². The van der Waals surface area contributed by atoms with Gasteiger partial charge in [-0.25, -0.2) is 4.79 Å². The van der Waals surface area contributed by atoms with Gasteiger partial charge >= 0.3 is 5.97 Å². The molecule has 0 aliphatic heterocycles. The summed E-state index contributed by atoms with van der Waals surface area (Å²) in [6.45, 7) is -0.0475. The molecule has 0 aliphatic rings. The number of hydrogen-bond acceptors (Lipinski definition) is 7. The zero-order valence-electron chi connectivity index (χ0n) is 20.5. The Kier molecular flexibility index (Phi) is 11.5. The standard InChI is InChI=1S/C24H35N7O6/c25-10-4-3-7-18(23(35)31-19(24(36)37)8-9-20(27)32)30-21(33)13-29-22(34)16(26)11-14-12-28-17-6-2-1-5-15(14)17/h1-2,5-6,12,16,18-19,28H,3-4,7-11,13,25-26H2,(H2,27,32)(H,29,34)(H,30,33)(H,31,35)(H,36,37). The number of aromatic amines is 1. The first-order chi connectivity index (χ1) is 17.6. The topological polar surface area (TPSA) is 236 Å². The van der Waals surface area contributed by atoms with E-state index in [0.717, 1.165) is 16.5 Å². The Morgan fingerprint density at radius 1 is 0.973 bits per heavy atom. The van der Waals surface area contributed by atoms with Crippen LogP contribution in [0.25, 0.3) is 10.9 Å². The van der Waals surface area contributed by atoms with E-state index in [9.17, 15) is 29.1 Å². The molecule has 1 aromatic heterocycles. The Morgan fingerprint density at radius 2 is 1.70 bits per heavy atom. The number of carbonyl (C=O) groups is 5. The molecule has 0 fully saturated rings. The number of nitrogens with one attached hydrogen (secondary N) is 4. The molecule has 0 spiro atoms. The summed E-state index contributed by atoms with van der Waals surface area (Å²) < 4.78 is 0. The largest absolute Gasteiger partial charge is 0.480 e. The second kappa shape index (κ2) is 14.6. The monoisotopic (exact) mass is 517 g/mol. The summed E-state index contributed by atoms with van der Waals surface area (Å²) in [6.07, 6.45) is 2.90. The number of hydrogen-bond donors (Lipinski definition) is 8. The molecule has 4 amide bonds. The molecule has 37 heavy (non-hydrogen) atoms. The lowest BCUT2D eigenvalue weighted by Crippen LogP contribution is -2.54. The molecule has 1 heterocycles. The number of H-pyrrole nitrogens is 1. The zero-order chi connectivity index (χ0) is 27.4. The van der Waals surface area contributed by atoms with Crippen LogP contribution in [0.4, 0.5) is 0 Å². The Hall–Kier alpha value is -3.97. The molecule has 3 unspecified atom stereocenters. The van der Waals surface area contributed by atoms with Gasteiger partial charge in [0.15, 0.2) is 0 Å². The molecule has 2 rings (SSSR count). The summed E-state index contributed by atoms with van der Waals surface area (Å²) in [5.41, 5.74) is 18.4. The number of rotatable bonds is 16. The van der Waals surface area contributed by atoms with Crippen molar-refractivity contribution in [2.45, 2.75) is 56.7 Å². The van der Waals surface area contributed by atoms with Gasteiger partial charge in [-0.3, -0.25) is 19.2 Å². The van der Waals surface area contributed by atoms with E-state index in [2.05, 4.69) is 20.9 Å². The molecule has 0 bridgehead atoms. The van der Waals surface area contributed by atoms with Crippen molar-refractivity contribution in [1.82, 2.24) is 20.9 Å². The molecule has 0 aliphatic carbocycles. The SMILES string of the molecule is NCCCCC(NC(=O)CNC(=O)C(N)Cc1c[nH]c2ccccc12)C(=O)NC(CCC(N)=O)C(=O)O. The highest BCUT2D eigenvalue weighted by atomic mass is 16.4. The first-order valence-electron chi connectivity index (χ1n) is 12.0. The lowest BCUT2D eigenvalue weighted by Gasteiger charge is -2.21. The fraction of sp³-hybridized carbons (Fsp3) is 0.458. The summed E-state index contributed by atoms with van der Waals surface area (Å²) >= 11 is 0. The first-order valence-corrected chi connectivity index (χ1v) is 12.0. The number of primary amides is 1. The van der Waals surface area contributed by atoms with Crippen molar-refractivity contribution in [2.75, 3.05) is 13.1 Å². The predicted molar refractivity (Wildman–Crippen MR) is 136 cm³/mol. The summed E-state index contributed by atoms with van der Waals surface area (Å²) in [6, 6.07) is 4.27. The van der Waals surface area contributed by atoms with Crippen LogP contribution < -0.4 is 33.2 Å². The number of nitrogens with two attached hydrogens (primary N) is 3. The third-order valence-corrected chi connectivity index (χ3v) is 5.77. The van der Waals surface area contributed by atoms with Gasteiger partial charge < -0.3 is 43.2 Å². The van der Waals surface area contributed by atoms with Crippen molar-refractivity contribution in [3.8, 4) is 0 Å². The lowest BCUT2D eigenvalue weighted by atomic mass is 10.1. The van der Waals surface area contributed by atoms with Gasteiger partial charge in [0.05, 0.1) is 12.6 Å². The van der Waals surface area contributed by atoms with Gasteiger partial charge in [-0.1, -0.05) is 18.2 Å². The molecule has 202 valence electrons. The van der Waals surface area contributed by atoms with Crippen LogP contribution in [0.15, 0.2) is 30.5 Å². The van der Waals surface area contributed by atoms with Gasteiger partial charge in [0.1, 0.15) is 12.1 Å². The van der Waals surface area contributed by atoms with E-state index in [1.165, 1.54) is 0 Å². The van der Waals surface area contributed by atoms with Crippen molar-refractivity contribution >= 4 is 40.5 Å². The first kappa shape index (κ1) is 29.3. The second-order valence-corrected chi connectivity index (χ2v) is 8.70.